The van der Waals surface area contributed by atoms with Crippen molar-refractivity contribution in [2.75, 3.05) is 37.7 Å². The molecule has 9 nitrogen and oxygen atoms in total. The number of piperazine rings is 1. The fourth-order valence-corrected chi connectivity index (χ4v) is 9.67. The molecular formula is C42H44F3N7O2. The molecule has 3 saturated heterocycles. The molecule has 280 valence electrons. The Bertz CT molecular complexity index is 2050. The van der Waals surface area contributed by atoms with Gasteiger partial charge in [-0.25, -0.2) is 13.2 Å². The maximum Gasteiger partial charge on any atom is 0.318 e. The number of carbonyl (C=O) groups excluding carboxylic acids is 1. The molecule has 0 saturated carbocycles. The van der Waals surface area contributed by atoms with Crippen molar-refractivity contribution in [1.82, 2.24) is 24.7 Å². The zero-order valence-corrected chi connectivity index (χ0v) is 30.5. The molecule has 2 aromatic carbocycles. The van der Waals surface area contributed by atoms with Crippen LogP contribution in [0.25, 0.3) is 0 Å². The molecule has 5 aliphatic rings. The van der Waals surface area contributed by atoms with E-state index in [1.54, 1.807) is 17.0 Å². The Morgan fingerprint density at radius 3 is 2.72 bits per heavy atom. The first-order valence-corrected chi connectivity index (χ1v) is 18.9. The topological polar surface area (TPSA) is 88.8 Å². The number of benzene rings is 2. The molecule has 0 radical (unpaired) electrons. The number of anilines is 1. The van der Waals surface area contributed by atoms with Gasteiger partial charge in [-0.15, -0.1) is 6.42 Å². The van der Waals surface area contributed by atoms with Gasteiger partial charge in [-0.3, -0.25) is 14.6 Å². The third-order valence-electron chi connectivity index (χ3n) is 12.3. The van der Waals surface area contributed by atoms with Crippen molar-refractivity contribution in [2.45, 2.75) is 88.4 Å². The molecule has 1 unspecified atom stereocenters. The normalized spacial score (nSPS) is 27.9. The lowest BCUT2D eigenvalue weighted by atomic mass is 9.83. The largest absolute Gasteiger partial charge is 0.461 e. The first kappa shape index (κ1) is 36.1. The lowest BCUT2D eigenvalue weighted by Gasteiger charge is -2.43. The van der Waals surface area contributed by atoms with Gasteiger partial charge in [0.2, 0.25) is 5.91 Å². The number of aromatic nitrogens is 2. The Morgan fingerprint density at radius 1 is 1.15 bits per heavy atom. The summed E-state index contributed by atoms with van der Waals surface area (Å²) >= 11 is 0. The van der Waals surface area contributed by atoms with E-state index in [0.29, 0.717) is 51.1 Å². The number of hydrogen-bond donors (Lipinski definition) is 0. The van der Waals surface area contributed by atoms with Crippen LogP contribution in [0.4, 0.5) is 19.0 Å². The molecule has 0 N–H and O–H groups in total. The second-order valence-corrected chi connectivity index (χ2v) is 15.7. The van der Waals surface area contributed by atoms with E-state index in [1.165, 1.54) is 24.3 Å². The van der Waals surface area contributed by atoms with E-state index in [-0.39, 0.29) is 67.2 Å². The maximum absolute atomic E-state index is 15.1. The molecule has 0 spiro atoms. The van der Waals surface area contributed by atoms with Crippen molar-refractivity contribution in [2.24, 2.45) is 5.92 Å². The number of aryl methyl sites for hydroxylation is 1. The average molecular weight is 736 g/mol. The van der Waals surface area contributed by atoms with Crippen molar-refractivity contribution < 1.29 is 22.7 Å². The number of nitriles is 1. The van der Waals surface area contributed by atoms with Gasteiger partial charge in [0.15, 0.2) is 0 Å². The highest BCUT2D eigenvalue weighted by atomic mass is 19.1. The number of rotatable bonds is 8. The molecule has 2 bridgehead atoms. The molecule has 8 rings (SSSR count). The summed E-state index contributed by atoms with van der Waals surface area (Å²) in [7, 11) is 0. The minimum absolute atomic E-state index is 0.0777. The Hall–Kier alpha value is -4.91. The van der Waals surface area contributed by atoms with E-state index in [2.05, 4.69) is 28.4 Å². The van der Waals surface area contributed by atoms with Crippen LogP contribution in [-0.4, -0.2) is 87.2 Å². The van der Waals surface area contributed by atoms with Gasteiger partial charge in [0, 0.05) is 57.3 Å². The minimum Gasteiger partial charge on any atom is -0.461 e. The number of fused-ring (bicyclic) bond motifs is 4. The molecular weight excluding hydrogens is 692 g/mol. The van der Waals surface area contributed by atoms with Crippen LogP contribution < -0.4 is 9.64 Å². The van der Waals surface area contributed by atoms with Crippen LogP contribution in [0.15, 0.2) is 49.1 Å². The number of nitrogens with zero attached hydrogens (tertiary/aromatic N) is 7. The monoisotopic (exact) mass is 735 g/mol. The van der Waals surface area contributed by atoms with Gasteiger partial charge < -0.3 is 14.5 Å². The zero-order valence-electron chi connectivity index (χ0n) is 30.5. The van der Waals surface area contributed by atoms with Gasteiger partial charge >= 0.3 is 6.01 Å². The van der Waals surface area contributed by atoms with E-state index in [0.717, 1.165) is 53.0 Å². The third kappa shape index (κ3) is 6.50. The summed E-state index contributed by atoms with van der Waals surface area (Å²) in [5.74, 6) is 2.14. The van der Waals surface area contributed by atoms with E-state index < -0.39 is 11.7 Å². The van der Waals surface area contributed by atoms with Crippen molar-refractivity contribution in [3.05, 3.63) is 94.2 Å². The highest BCUT2D eigenvalue weighted by Crippen LogP contribution is 2.43. The zero-order chi connectivity index (χ0) is 37.7. The molecule has 3 aromatic rings. The summed E-state index contributed by atoms with van der Waals surface area (Å²) in [5, 5.41) is 10.0. The van der Waals surface area contributed by atoms with Gasteiger partial charge in [0.25, 0.3) is 0 Å². The molecule has 1 aliphatic carbocycles. The summed E-state index contributed by atoms with van der Waals surface area (Å²) in [5.41, 5.74) is 4.26. The van der Waals surface area contributed by atoms with Gasteiger partial charge in [-0.2, -0.15) is 15.2 Å². The van der Waals surface area contributed by atoms with Gasteiger partial charge in [-0.1, -0.05) is 30.7 Å². The van der Waals surface area contributed by atoms with Crippen LogP contribution in [0.2, 0.25) is 0 Å². The molecule has 1 amide bonds. The van der Waals surface area contributed by atoms with Gasteiger partial charge in [0.05, 0.1) is 40.9 Å². The molecule has 6 atom stereocenters. The number of carbonyl (C=O) groups is 1. The number of ether oxygens (including phenoxy) is 1. The molecule has 1 aromatic heterocycles. The Labute approximate surface area is 314 Å². The smallest absolute Gasteiger partial charge is 0.318 e. The van der Waals surface area contributed by atoms with E-state index >= 15 is 8.78 Å². The van der Waals surface area contributed by atoms with E-state index in [1.807, 2.05) is 17.9 Å². The van der Waals surface area contributed by atoms with Crippen molar-refractivity contribution >= 4 is 11.7 Å². The molecule has 5 heterocycles. The number of alkyl halides is 1. The summed E-state index contributed by atoms with van der Waals surface area (Å²) in [4.78, 5) is 31.3. The van der Waals surface area contributed by atoms with E-state index in [9.17, 15) is 14.4 Å². The summed E-state index contributed by atoms with van der Waals surface area (Å²) in [6, 6.07) is 11.6. The van der Waals surface area contributed by atoms with Gasteiger partial charge in [0.1, 0.15) is 30.2 Å². The second-order valence-electron chi connectivity index (χ2n) is 15.7. The molecule has 12 heteroatoms. The number of amides is 1. The molecule has 4 aliphatic heterocycles. The molecule has 54 heavy (non-hydrogen) atoms. The minimum atomic E-state index is -1.05. The summed E-state index contributed by atoms with van der Waals surface area (Å²) < 4.78 is 50.2. The average Bonchev–Trinajstić information content (AvgIpc) is 3.59. The van der Waals surface area contributed by atoms with Crippen LogP contribution >= 0.6 is 0 Å². The van der Waals surface area contributed by atoms with Crippen LogP contribution in [0.5, 0.6) is 6.01 Å². The number of terminal acetylenes is 1. The number of halogens is 3. The predicted molar refractivity (Wildman–Crippen MR) is 197 cm³/mol. The SMILES string of the molecule is C#Cc1c(F)ccc2c1[C@@H](N1CCc3c(nc(OC[C@]4(C)C[C@@H](F)CN4Cc4ccc(F)cc4)nc3N3C[C@H]4CC(C#N)[C@@H](C3)N4C(=O)C=C)C1)CCC2. The highest BCUT2D eigenvalue weighted by Gasteiger charge is 2.49. The standard InChI is InChI=1S/C42H44F3N7O2/c1-4-32-34(45)14-11-27-7-6-8-36(39(27)32)49-16-15-33-35(23-49)47-41(48-40(33)50-22-31-17-28(19-46)37(24-50)52(31)38(53)5-2)54-25-42(3)18-30(44)21-51(42)20-26-9-12-29(43)13-10-26/h1,5,9-14,28,30-31,36-37H,2,6-8,15-18,20-25H2,3H3/t28?,30-,31-,36+,37-,42+/m1/s1. The fourth-order valence-electron chi connectivity index (χ4n) is 9.67. The lowest BCUT2D eigenvalue weighted by Crippen LogP contribution is -2.57. The lowest BCUT2D eigenvalue weighted by molar-refractivity contribution is -0.129. The third-order valence-corrected chi connectivity index (χ3v) is 12.3. The van der Waals surface area contributed by atoms with Crippen LogP contribution in [0.3, 0.4) is 0 Å². The number of hydrogen-bond acceptors (Lipinski definition) is 8. The maximum atomic E-state index is 15.1. The Kier molecular flexibility index (Phi) is 9.61. The predicted octanol–water partition coefficient (Wildman–Crippen LogP) is 5.67. The Balaban J connectivity index is 1.12. The Morgan fingerprint density at radius 2 is 1.96 bits per heavy atom. The summed E-state index contributed by atoms with van der Waals surface area (Å²) in [6.45, 7) is 8.52. The van der Waals surface area contributed by atoms with Crippen LogP contribution in [0, 0.1) is 41.2 Å². The first-order valence-electron chi connectivity index (χ1n) is 18.9. The highest BCUT2D eigenvalue weighted by molar-refractivity contribution is 5.88. The van der Waals surface area contributed by atoms with Crippen molar-refractivity contribution in [3.63, 3.8) is 0 Å². The molecule has 3 fully saturated rings. The summed E-state index contributed by atoms with van der Waals surface area (Å²) in [6.07, 6.45) is 10.2. The fraction of sp³-hybridized carbons (Fsp3) is 0.476. The van der Waals surface area contributed by atoms with Crippen LogP contribution in [-0.2, 0) is 30.7 Å². The van der Waals surface area contributed by atoms with Gasteiger partial charge in [-0.05, 0) is 80.0 Å². The van der Waals surface area contributed by atoms with Crippen LogP contribution in [0.1, 0.15) is 72.2 Å². The second kappa shape index (κ2) is 14.4. The number of likely N-dealkylation sites (tertiary alicyclic amines) is 1. The first-order chi connectivity index (χ1) is 26.1. The van der Waals surface area contributed by atoms with E-state index in [4.69, 9.17) is 21.1 Å². The van der Waals surface area contributed by atoms with Crippen molar-refractivity contribution in [1.29, 1.82) is 5.26 Å². The quantitative estimate of drug-likeness (QED) is 0.216. The van der Waals surface area contributed by atoms with Crippen molar-refractivity contribution in [3.8, 4) is 24.4 Å².